The van der Waals surface area contributed by atoms with E-state index in [2.05, 4.69) is 24.3 Å². The lowest BCUT2D eigenvalue weighted by Crippen LogP contribution is -1.80. The van der Waals surface area contributed by atoms with Gasteiger partial charge in [0.25, 0.3) is 0 Å². The van der Waals surface area contributed by atoms with E-state index >= 15 is 0 Å². The van der Waals surface area contributed by atoms with Crippen LogP contribution in [0, 0.1) is 11.8 Å². The summed E-state index contributed by atoms with van der Waals surface area (Å²) in [6.45, 7) is 0. The molecule has 0 bridgehead atoms. The second kappa shape index (κ2) is 2.02. The van der Waals surface area contributed by atoms with E-state index in [4.69, 9.17) is 0 Å². The van der Waals surface area contributed by atoms with Gasteiger partial charge in [-0.25, -0.2) is 0 Å². The van der Waals surface area contributed by atoms with Crippen molar-refractivity contribution in [2.75, 3.05) is 0 Å². The van der Waals surface area contributed by atoms with Crippen LogP contribution < -0.4 is 0 Å². The molecule has 0 heterocycles. The molecular formula is C9H12. The second-order valence-electron chi connectivity index (χ2n) is 3.05. The van der Waals surface area contributed by atoms with E-state index in [-0.39, 0.29) is 0 Å². The van der Waals surface area contributed by atoms with Crippen molar-refractivity contribution in [2.45, 2.75) is 19.3 Å². The maximum absolute atomic E-state index is 2.35. The van der Waals surface area contributed by atoms with Gasteiger partial charge in [0, 0.05) is 0 Å². The Morgan fingerprint density at radius 3 is 3.22 bits per heavy atom. The fraction of sp³-hybridized carbons (Fsp3) is 0.556. The van der Waals surface area contributed by atoms with Crippen LogP contribution in [0.5, 0.6) is 0 Å². The topological polar surface area (TPSA) is 0 Å². The fourth-order valence-electron chi connectivity index (χ4n) is 1.53. The van der Waals surface area contributed by atoms with Crippen LogP contribution in [0.15, 0.2) is 24.3 Å². The van der Waals surface area contributed by atoms with Gasteiger partial charge in [0.2, 0.25) is 0 Å². The molecule has 1 saturated carbocycles. The Balaban J connectivity index is 2.05. The lowest BCUT2D eigenvalue weighted by molar-refractivity contribution is 0.705. The Morgan fingerprint density at radius 1 is 1.22 bits per heavy atom. The minimum absolute atomic E-state index is 0.954. The molecular weight excluding hydrogens is 108 g/mol. The zero-order chi connectivity index (χ0) is 6.10. The molecule has 2 aliphatic rings. The molecule has 0 amide bonds. The summed E-state index contributed by atoms with van der Waals surface area (Å²) in [7, 11) is 0. The van der Waals surface area contributed by atoms with Gasteiger partial charge in [0.15, 0.2) is 0 Å². The van der Waals surface area contributed by atoms with Gasteiger partial charge in [-0.3, -0.25) is 0 Å². The molecule has 0 aromatic heterocycles. The van der Waals surface area contributed by atoms with E-state index < -0.39 is 0 Å². The molecule has 0 N–H and O–H groups in total. The summed E-state index contributed by atoms with van der Waals surface area (Å²) in [5.74, 6) is 2.00. The molecule has 0 saturated heterocycles. The average Bonchev–Trinajstić information content (AvgIpc) is 2.46. The zero-order valence-electron chi connectivity index (χ0n) is 5.59. The highest BCUT2D eigenvalue weighted by Gasteiger charge is 2.33. The Labute approximate surface area is 56.3 Å². The van der Waals surface area contributed by atoms with Crippen LogP contribution in [-0.2, 0) is 0 Å². The first-order chi connectivity index (χ1) is 4.47. The number of allylic oxidation sites excluding steroid dienone is 4. The molecule has 0 heteroatoms. The lowest BCUT2D eigenvalue weighted by Gasteiger charge is -1.93. The molecule has 0 spiro atoms. The molecule has 9 heavy (non-hydrogen) atoms. The van der Waals surface area contributed by atoms with Gasteiger partial charge in [-0.05, 0) is 31.1 Å². The predicted molar refractivity (Wildman–Crippen MR) is 39.1 cm³/mol. The van der Waals surface area contributed by atoms with Crippen molar-refractivity contribution < 1.29 is 0 Å². The van der Waals surface area contributed by atoms with E-state index in [1.54, 1.807) is 0 Å². The van der Waals surface area contributed by atoms with Crippen molar-refractivity contribution in [3.8, 4) is 0 Å². The van der Waals surface area contributed by atoms with Gasteiger partial charge in [-0.15, -0.1) is 0 Å². The first-order valence-corrected chi connectivity index (χ1v) is 3.80. The third-order valence-corrected chi connectivity index (χ3v) is 2.29. The Kier molecular flexibility index (Phi) is 1.18. The first-order valence-electron chi connectivity index (χ1n) is 3.80. The van der Waals surface area contributed by atoms with Crippen LogP contribution in [0.25, 0.3) is 0 Å². The number of fused-ring (bicyclic) bond motifs is 1. The molecule has 0 aromatic rings. The quantitative estimate of drug-likeness (QED) is 0.461. The number of rotatable bonds is 0. The fourth-order valence-corrected chi connectivity index (χ4v) is 1.53. The average molecular weight is 120 g/mol. The van der Waals surface area contributed by atoms with Crippen molar-refractivity contribution in [1.82, 2.24) is 0 Å². The Hall–Kier alpha value is -0.520. The van der Waals surface area contributed by atoms with Crippen LogP contribution >= 0.6 is 0 Å². The van der Waals surface area contributed by atoms with Gasteiger partial charge in [-0.2, -0.15) is 0 Å². The molecule has 2 atom stereocenters. The maximum atomic E-state index is 2.35. The molecule has 0 nitrogen and oxygen atoms in total. The standard InChI is InChI=1S/C9H12/c1-2-4-6-9-7-8(9)5-3-1/h1-3,5,8-9H,4,6-7H2/b2-1-,5-3-. The molecule has 48 valence electrons. The predicted octanol–water partition coefficient (Wildman–Crippen LogP) is 2.53. The van der Waals surface area contributed by atoms with Gasteiger partial charge >= 0.3 is 0 Å². The first kappa shape index (κ1) is 5.28. The van der Waals surface area contributed by atoms with Crippen molar-refractivity contribution in [3.63, 3.8) is 0 Å². The number of hydrogen-bond donors (Lipinski definition) is 0. The van der Waals surface area contributed by atoms with Crippen molar-refractivity contribution in [1.29, 1.82) is 0 Å². The lowest BCUT2D eigenvalue weighted by atomic mass is 10.1. The Morgan fingerprint density at radius 2 is 2.22 bits per heavy atom. The van der Waals surface area contributed by atoms with Gasteiger partial charge in [-0.1, -0.05) is 24.3 Å². The molecule has 0 aliphatic heterocycles. The van der Waals surface area contributed by atoms with Crippen LogP contribution in [0.1, 0.15) is 19.3 Å². The molecule has 1 fully saturated rings. The summed E-state index contributed by atoms with van der Waals surface area (Å²) in [4.78, 5) is 0. The smallest absolute Gasteiger partial charge is 0.0199 e. The highest BCUT2D eigenvalue weighted by atomic mass is 14.4. The molecule has 0 radical (unpaired) electrons. The third kappa shape index (κ3) is 1.07. The summed E-state index contributed by atoms with van der Waals surface area (Å²) in [5.41, 5.74) is 0. The van der Waals surface area contributed by atoms with Crippen molar-refractivity contribution in [2.24, 2.45) is 11.8 Å². The summed E-state index contributed by atoms with van der Waals surface area (Å²) in [5, 5.41) is 0. The monoisotopic (exact) mass is 120 g/mol. The largest absolute Gasteiger partial charge is 0.0845 e. The van der Waals surface area contributed by atoms with Gasteiger partial charge < -0.3 is 0 Å². The summed E-state index contributed by atoms with van der Waals surface area (Å²) in [6.07, 6.45) is 13.2. The van der Waals surface area contributed by atoms with Crippen LogP contribution in [0.4, 0.5) is 0 Å². The van der Waals surface area contributed by atoms with Gasteiger partial charge in [0.05, 0.1) is 0 Å². The highest BCUT2D eigenvalue weighted by molar-refractivity contribution is 5.12. The summed E-state index contributed by atoms with van der Waals surface area (Å²) in [6, 6.07) is 0. The molecule has 0 aromatic carbocycles. The van der Waals surface area contributed by atoms with E-state index in [0.717, 1.165) is 11.8 Å². The maximum Gasteiger partial charge on any atom is -0.0199 e. The van der Waals surface area contributed by atoms with Crippen LogP contribution in [-0.4, -0.2) is 0 Å². The van der Waals surface area contributed by atoms with Crippen molar-refractivity contribution in [3.05, 3.63) is 24.3 Å². The normalized spacial score (nSPS) is 46.2. The second-order valence-corrected chi connectivity index (χ2v) is 3.05. The molecule has 2 unspecified atom stereocenters. The van der Waals surface area contributed by atoms with Crippen molar-refractivity contribution >= 4 is 0 Å². The molecule has 2 aliphatic carbocycles. The van der Waals surface area contributed by atoms with E-state index in [0.29, 0.717) is 0 Å². The number of hydrogen-bond acceptors (Lipinski definition) is 0. The third-order valence-electron chi connectivity index (χ3n) is 2.29. The SMILES string of the molecule is C1=C\CCC2CC2\C=C/1. The van der Waals surface area contributed by atoms with Gasteiger partial charge in [0.1, 0.15) is 0 Å². The Bertz CT molecular complexity index is 153. The minimum Gasteiger partial charge on any atom is -0.0845 e. The van der Waals surface area contributed by atoms with E-state index in [1.165, 1.54) is 19.3 Å². The van der Waals surface area contributed by atoms with E-state index in [1.807, 2.05) is 0 Å². The molecule has 2 rings (SSSR count). The summed E-state index contributed by atoms with van der Waals surface area (Å²) < 4.78 is 0. The zero-order valence-corrected chi connectivity index (χ0v) is 5.59. The van der Waals surface area contributed by atoms with Crippen LogP contribution in [0.2, 0.25) is 0 Å². The minimum atomic E-state index is 0.954. The summed E-state index contributed by atoms with van der Waals surface area (Å²) >= 11 is 0. The van der Waals surface area contributed by atoms with Crippen LogP contribution in [0.3, 0.4) is 0 Å². The van der Waals surface area contributed by atoms with E-state index in [9.17, 15) is 0 Å². The highest BCUT2D eigenvalue weighted by Crippen LogP contribution is 2.43.